The molecule has 33 heavy (non-hydrogen) atoms. The van der Waals surface area contributed by atoms with Crippen LogP contribution in [0.25, 0.3) is 0 Å². The fourth-order valence-electron chi connectivity index (χ4n) is 4.16. The van der Waals surface area contributed by atoms with Gasteiger partial charge in [-0.25, -0.2) is 4.98 Å². The maximum atomic E-state index is 14.5. The molecule has 3 rings (SSSR count). The Balaban J connectivity index is 1.57. The maximum absolute atomic E-state index is 14.5. The Morgan fingerprint density at radius 3 is 2.27 bits per heavy atom. The number of halogens is 1. The molecule has 1 saturated heterocycles. The van der Waals surface area contributed by atoms with Gasteiger partial charge in [0.15, 0.2) is 11.5 Å². The van der Waals surface area contributed by atoms with Crippen molar-refractivity contribution in [1.82, 2.24) is 15.2 Å². The van der Waals surface area contributed by atoms with Crippen LogP contribution in [0.3, 0.4) is 0 Å². The highest BCUT2D eigenvalue weighted by atomic mass is 19.1. The second-order valence-electron chi connectivity index (χ2n) is 8.55. The first-order chi connectivity index (χ1) is 15.8. The van der Waals surface area contributed by atoms with Gasteiger partial charge in [0, 0.05) is 46.0 Å². The van der Waals surface area contributed by atoms with Crippen LogP contribution in [0.1, 0.15) is 48.2 Å². The number of nitrogens with zero attached hydrogens (tertiary/aromatic N) is 3. The number of pyridine rings is 1. The van der Waals surface area contributed by atoms with Crippen LogP contribution in [-0.4, -0.2) is 62.2 Å². The summed E-state index contributed by atoms with van der Waals surface area (Å²) in [6.07, 6.45) is 3.34. The summed E-state index contributed by atoms with van der Waals surface area (Å²) in [7, 11) is 3.87. The smallest absolute Gasteiger partial charge is 0.253 e. The van der Waals surface area contributed by atoms with Gasteiger partial charge in [-0.05, 0) is 62.9 Å². The van der Waals surface area contributed by atoms with Crippen molar-refractivity contribution < 1.29 is 18.7 Å². The van der Waals surface area contributed by atoms with Crippen LogP contribution in [-0.2, 0) is 6.54 Å². The lowest BCUT2D eigenvalue weighted by molar-refractivity contribution is 0.0908. The fraction of sp³-hybridized carbons (Fsp3) is 0.520. The third-order valence-electron chi connectivity index (χ3n) is 5.73. The Labute approximate surface area is 195 Å². The van der Waals surface area contributed by atoms with E-state index in [1.807, 2.05) is 45.8 Å². The number of hydrogen-bond donors (Lipinski definition) is 1. The Bertz CT molecular complexity index is 932. The lowest BCUT2D eigenvalue weighted by Gasteiger charge is -2.32. The lowest BCUT2D eigenvalue weighted by atomic mass is 10.0. The van der Waals surface area contributed by atoms with Gasteiger partial charge in [-0.1, -0.05) is 0 Å². The van der Waals surface area contributed by atoms with E-state index < -0.39 is 5.82 Å². The Hall–Kier alpha value is -2.87. The number of hydrogen-bond acceptors (Lipinski definition) is 6. The number of piperidine rings is 1. The van der Waals surface area contributed by atoms with Crippen molar-refractivity contribution in [1.29, 1.82) is 0 Å². The minimum absolute atomic E-state index is 0.0874. The van der Waals surface area contributed by atoms with Gasteiger partial charge >= 0.3 is 0 Å². The highest BCUT2D eigenvalue weighted by Crippen LogP contribution is 2.30. The summed E-state index contributed by atoms with van der Waals surface area (Å²) in [6, 6.07) is 5.51. The van der Waals surface area contributed by atoms with Gasteiger partial charge in [-0.2, -0.15) is 4.39 Å². The molecule has 0 aliphatic carbocycles. The molecule has 1 fully saturated rings. The first-order valence-electron chi connectivity index (χ1n) is 11.6. The molecule has 180 valence electrons. The molecule has 2 aromatic rings. The average molecular weight is 459 g/mol. The van der Waals surface area contributed by atoms with Crippen molar-refractivity contribution in [2.24, 2.45) is 0 Å². The zero-order valence-corrected chi connectivity index (χ0v) is 20.3. The van der Waals surface area contributed by atoms with Gasteiger partial charge in [0.05, 0.1) is 18.8 Å². The normalized spacial score (nSPS) is 14.7. The lowest BCUT2D eigenvalue weighted by Crippen LogP contribution is -2.44. The van der Waals surface area contributed by atoms with Crippen LogP contribution >= 0.6 is 0 Å². The summed E-state index contributed by atoms with van der Waals surface area (Å²) < 4.78 is 25.4. The van der Waals surface area contributed by atoms with Gasteiger partial charge in [-0.3, -0.25) is 9.69 Å². The van der Waals surface area contributed by atoms with E-state index in [1.54, 1.807) is 18.3 Å². The zero-order valence-electron chi connectivity index (χ0n) is 20.3. The van der Waals surface area contributed by atoms with Crippen LogP contribution in [0.15, 0.2) is 24.4 Å². The summed E-state index contributed by atoms with van der Waals surface area (Å²) in [5.41, 5.74) is 2.51. The molecule has 0 saturated carbocycles. The summed E-state index contributed by atoms with van der Waals surface area (Å²) >= 11 is 0. The van der Waals surface area contributed by atoms with Crippen molar-refractivity contribution >= 4 is 11.7 Å². The Morgan fingerprint density at radius 1 is 1.15 bits per heavy atom. The monoisotopic (exact) mass is 458 g/mol. The minimum Gasteiger partial charge on any atom is -0.491 e. The number of aryl methyl sites for hydroxylation is 1. The number of anilines is 1. The molecule has 0 bridgehead atoms. The van der Waals surface area contributed by atoms with E-state index >= 15 is 0 Å². The van der Waals surface area contributed by atoms with Crippen LogP contribution in [0.5, 0.6) is 11.5 Å². The van der Waals surface area contributed by atoms with E-state index in [-0.39, 0.29) is 23.4 Å². The van der Waals surface area contributed by atoms with Crippen molar-refractivity contribution in [3.63, 3.8) is 0 Å². The first kappa shape index (κ1) is 24.8. The van der Waals surface area contributed by atoms with Crippen molar-refractivity contribution in [2.75, 3.05) is 45.3 Å². The van der Waals surface area contributed by atoms with Crippen LogP contribution in [0.4, 0.5) is 10.2 Å². The second kappa shape index (κ2) is 11.3. The molecule has 0 unspecified atom stereocenters. The largest absolute Gasteiger partial charge is 0.491 e. The number of benzene rings is 1. The molecule has 1 aromatic heterocycles. The molecular formula is C25H35FN4O3. The van der Waals surface area contributed by atoms with Crippen molar-refractivity contribution in [3.8, 4) is 11.5 Å². The summed E-state index contributed by atoms with van der Waals surface area (Å²) in [5.74, 6) is 0.776. The Kier molecular flexibility index (Phi) is 8.49. The standard InChI is InChI=1S/C25H35FN4O3/c1-6-32-21-13-18(14-22(23(21)26)33-7-2)16-30-10-8-20(9-11-30)28-25(31)19-12-17(3)24(27-15-19)29(4)5/h12-15,20H,6-11,16H2,1-5H3,(H,28,31). The van der Waals surface area contributed by atoms with E-state index in [9.17, 15) is 9.18 Å². The number of nitrogens with one attached hydrogen (secondary N) is 1. The highest BCUT2D eigenvalue weighted by molar-refractivity contribution is 5.94. The van der Waals surface area contributed by atoms with E-state index in [0.29, 0.717) is 25.3 Å². The molecule has 7 nitrogen and oxygen atoms in total. The van der Waals surface area contributed by atoms with Gasteiger partial charge in [0.1, 0.15) is 5.82 Å². The predicted molar refractivity (Wildman–Crippen MR) is 128 cm³/mol. The van der Waals surface area contributed by atoms with Crippen LogP contribution in [0.2, 0.25) is 0 Å². The topological polar surface area (TPSA) is 66.9 Å². The molecule has 1 aliphatic rings. The van der Waals surface area contributed by atoms with Crippen LogP contribution in [0, 0.1) is 12.7 Å². The molecule has 1 N–H and O–H groups in total. The van der Waals surface area contributed by atoms with E-state index in [4.69, 9.17) is 9.47 Å². The molecule has 0 radical (unpaired) electrons. The molecular weight excluding hydrogens is 423 g/mol. The number of aromatic nitrogens is 1. The number of rotatable bonds is 9. The van der Waals surface area contributed by atoms with E-state index in [2.05, 4.69) is 15.2 Å². The fourth-order valence-corrected chi connectivity index (χ4v) is 4.16. The molecule has 2 heterocycles. The SMILES string of the molecule is CCOc1cc(CN2CCC(NC(=O)c3cnc(N(C)C)c(C)c3)CC2)cc(OCC)c1F. The number of amides is 1. The van der Waals surface area contributed by atoms with E-state index in [0.717, 1.165) is 42.9 Å². The molecule has 0 spiro atoms. The maximum Gasteiger partial charge on any atom is 0.253 e. The van der Waals surface area contributed by atoms with Gasteiger partial charge in [-0.15, -0.1) is 0 Å². The van der Waals surface area contributed by atoms with Crippen molar-refractivity contribution in [3.05, 3.63) is 46.9 Å². The van der Waals surface area contributed by atoms with Crippen LogP contribution < -0.4 is 19.7 Å². The summed E-state index contributed by atoms with van der Waals surface area (Å²) in [6.45, 7) is 8.77. The molecule has 8 heteroatoms. The van der Waals surface area contributed by atoms with Gasteiger partial charge in [0.2, 0.25) is 5.82 Å². The molecule has 1 aromatic carbocycles. The van der Waals surface area contributed by atoms with Crippen molar-refractivity contribution in [2.45, 2.75) is 46.2 Å². The molecule has 1 aliphatic heterocycles. The number of carbonyl (C=O) groups excluding carboxylic acids is 1. The van der Waals surface area contributed by atoms with Gasteiger partial charge < -0.3 is 19.7 Å². The van der Waals surface area contributed by atoms with Gasteiger partial charge in [0.25, 0.3) is 5.91 Å². The quantitative estimate of drug-likeness (QED) is 0.617. The number of ether oxygens (including phenoxy) is 2. The summed E-state index contributed by atoms with van der Waals surface area (Å²) in [4.78, 5) is 21.4. The Morgan fingerprint density at radius 2 is 1.76 bits per heavy atom. The molecule has 1 amide bonds. The average Bonchev–Trinajstić information content (AvgIpc) is 2.78. The minimum atomic E-state index is -0.452. The first-order valence-corrected chi connectivity index (χ1v) is 11.6. The third kappa shape index (κ3) is 6.35. The number of likely N-dealkylation sites (tertiary alicyclic amines) is 1. The van der Waals surface area contributed by atoms with E-state index in [1.165, 1.54) is 0 Å². The number of carbonyl (C=O) groups is 1. The summed E-state index contributed by atoms with van der Waals surface area (Å²) in [5, 5.41) is 3.15. The third-order valence-corrected chi connectivity index (χ3v) is 5.73. The highest BCUT2D eigenvalue weighted by Gasteiger charge is 2.23. The predicted octanol–water partition coefficient (Wildman–Crippen LogP) is 3.79. The second-order valence-corrected chi connectivity index (χ2v) is 8.55. The zero-order chi connectivity index (χ0) is 24.0. The molecule has 0 atom stereocenters.